The van der Waals surface area contributed by atoms with Crippen LogP contribution in [0.2, 0.25) is 0 Å². The van der Waals surface area contributed by atoms with Crippen LogP contribution < -0.4 is 4.74 Å². The molecule has 0 bridgehead atoms. The van der Waals surface area contributed by atoms with Crippen molar-refractivity contribution < 1.29 is 9.53 Å². The van der Waals surface area contributed by atoms with Crippen LogP contribution in [0.1, 0.15) is 38.2 Å². The van der Waals surface area contributed by atoms with E-state index in [0.717, 1.165) is 42.9 Å². The van der Waals surface area contributed by atoms with Gasteiger partial charge in [0.2, 0.25) is 0 Å². The Hall–Kier alpha value is -1.35. The van der Waals surface area contributed by atoms with E-state index >= 15 is 0 Å². The van der Waals surface area contributed by atoms with E-state index in [4.69, 9.17) is 4.74 Å². The van der Waals surface area contributed by atoms with Gasteiger partial charge in [-0.1, -0.05) is 19.1 Å². The maximum atomic E-state index is 13.0. The second-order valence-electron chi connectivity index (χ2n) is 6.56. The summed E-state index contributed by atoms with van der Waals surface area (Å²) in [7, 11) is 5.74. The summed E-state index contributed by atoms with van der Waals surface area (Å²) in [6, 6.07) is 7.84. The molecule has 1 aliphatic rings. The fraction of sp³-hybridized carbons (Fsp3) is 0.611. The topological polar surface area (TPSA) is 29.5 Å². The molecule has 1 aromatic rings. The van der Waals surface area contributed by atoms with Gasteiger partial charge in [-0.2, -0.15) is 0 Å². The van der Waals surface area contributed by atoms with Crippen molar-refractivity contribution in [1.29, 1.82) is 0 Å². The minimum Gasteiger partial charge on any atom is -0.497 e. The summed E-state index contributed by atoms with van der Waals surface area (Å²) in [6.45, 7) is 2.28. The molecule has 0 aromatic heterocycles. The predicted octanol–water partition coefficient (Wildman–Crippen LogP) is 3.32. The standard InChI is InChI=1S/C18H27NO2/c1-14-8-10-18(11-9-14,19(2)3)17(20)13-15-6-5-7-16(12-15)21-4/h5-7,12,14H,8-11,13H2,1-4H3. The number of benzene rings is 1. The van der Waals surface area contributed by atoms with Crippen LogP contribution in [0.15, 0.2) is 24.3 Å². The Morgan fingerprint density at radius 3 is 2.57 bits per heavy atom. The Morgan fingerprint density at radius 1 is 1.33 bits per heavy atom. The second kappa shape index (κ2) is 6.61. The van der Waals surface area contributed by atoms with Crippen molar-refractivity contribution in [3.63, 3.8) is 0 Å². The SMILES string of the molecule is COc1cccc(CC(=O)C2(N(C)C)CCC(C)CC2)c1. The number of carbonyl (C=O) groups excluding carboxylic acids is 1. The normalized spacial score (nSPS) is 25.9. The molecule has 0 spiro atoms. The summed E-state index contributed by atoms with van der Waals surface area (Å²) in [5.41, 5.74) is 0.759. The molecule has 0 saturated heterocycles. The Morgan fingerprint density at radius 2 is 2.00 bits per heavy atom. The number of ketones is 1. The van der Waals surface area contributed by atoms with Crippen LogP contribution in [0, 0.1) is 5.92 Å². The Labute approximate surface area is 128 Å². The molecule has 0 heterocycles. The van der Waals surface area contributed by atoms with E-state index in [1.807, 2.05) is 38.4 Å². The van der Waals surface area contributed by atoms with Gasteiger partial charge in [-0.05, 0) is 63.4 Å². The molecule has 3 heteroatoms. The van der Waals surface area contributed by atoms with Crippen LogP contribution in [-0.2, 0) is 11.2 Å². The van der Waals surface area contributed by atoms with Crippen LogP contribution in [0.5, 0.6) is 5.75 Å². The molecule has 0 N–H and O–H groups in total. The van der Waals surface area contributed by atoms with Gasteiger partial charge in [-0.3, -0.25) is 9.69 Å². The van der Waals surface area contributed by atoms with Gasteiger partial charge >= 0.3 is 0 Å². The molecule has 0 unspecified atom stereocenters. The number of carbonyl (C=O) groups is 1. The van der Waals surface area contributed by atoms with Crippen LogP contribution in [0.3, 0.4) is 0 Å². The molecule has 0 amide bonds. The van der Waals surface area contributed by atoms with Gasteiger partial charge in [0.1, 0.15) is 5.75 Å². The van der Waals surface area contributed by atoms with E-state index < -0.39 is 0 Å². The Bertz CT molecular complexity index is 488. The fourth-order valence-corrected chi connectivity index (χ4v) is 3.35. The number of methoxy groups -OCH3 is 1. The van der Waals surface area contributed by atoms with Gasteiger partial charge in [0.05, 0.1) is 12.6 Å². The summed E-state index contributed by atoms with van der Waals surface area (Å²) in [4.78, 5) is 15.1. The first-order valence-corrected chi connectivity index (χ1v) is 7.81. The zero-order chi connectivity index (χ0) is 15.5. The highest BCUT2D eigenvalue weighted by Gasteiger charge is 2.42. The zero-order valence-corrected chi connectivity index (χ0v) is 13.7. The molecule has 2 rings (SSSR count). The van der Waals surface area contributed by atoms with E-state index in [9.17, 15) is 4.79 Å². The van der Waals surface area contributed by atoms with Gasteiger partial charge < -0.3 is 4.74 Å². The maximum Gasteiger partial charge on any atom is 0.157 e. The molecule has 3 nitrogen and oxygen atoms in total. The largest absolute Gasteiger partial charge is 0.497 e. The van der Waals surface area contributed by atoms with Crippen molar-refractivity contribution in [2.45, 2.75) is 44.6 Å². The quantitative estimate of drug-likeness (QED) is 0.833. The fourth-order valence-electron chi connectivity index (χ4n) is 3.35. The maximum absolute atomic E-state index is 13.0. The summed E-state index contributed by atoms with van der Waals surface area (Å²) in [5.74, 6) is 1.90. The highest BCUT2D eigenvalue weighted by Crippen LogP contribution is 2.36. The average Bonchev–Trinajstić information content (AvgIpc) is 2.48. The van der Waals surface area contributed by atoms with Crippen molar-refractivity contribution >= 4 is 5.78 Å². The van der Waals surface area contributed by atoms with Crippen LogP contribution in [0.25, 0.3) is 0 Å². The monoisotopic (exact) mass is 289 g/mol. The van der Waals surface area contributed by atoms with Crippen molar-refractivity contribution in [1.82, 2.24) is 4.90 Å². The van der Waals surface area contributed by atoms with Crippen molar-refractivity contribution in [2.24, 2.45) is 5.92 Å². The number of Topliss-reactive ketones (excluding diaryl/α,β-unsaturated/α-hetero) is 1. The van der Waals surface area contributed by atoms with E-state index in [1.165, 1.54) is 0 Å². The van der Waals surface area contributed by atoms with Crippen molar-refractivity contribution in [3.8, 4) is 5.75 Å². The zero-order valence-electron chi connectivity index (χ0n) is 13.7. The van der Waals surface area contributed by atoms with Gasteiger partial charge in [-0.15, -0.1) is 0 Å². The molecule has 0 aliphatic heterocycles. The molecular formula is C18H27NO2. The van der Waals surface area contributed by atoms with Crippen LogP contribution >= 0.6 is 0 Å². The molecule has 0 radical (unpaired) electrons. The van der Waals surface area contributed by atoms with E-state index in [-0.39, 0.29) is 5.54 Å². The van der Waals surface area contributed by atoms with Crippen molar-refractivity contribution in [3.05, 3.63) is 29.8 Å². The molecule has 116 valence electrons. The predicted molar refractivity (Wildman–Crippen MR) is 85.8 cm³/mol. The van der Waals surface area contributed by atoms with Gasteiger partial charge in [0.15, 0.2) is 5.78 Å². The van der Waals surface area contributed by atoms with Gasteiger partial charge in [0, 0.05) is 6.42 Å². The minimum atomic E-state index is -0.282. The molecule has 1 aromatic carbocycles. The van der Waals surface area contributed by atoms with Gasteiger partial charge in [0.25, 0.3) is 0 Å². The number of nitrogens with zero attached hydrogens (tertiary/aromatic N) is 1. The summed E-state index contributed by atoms with van der Waals surface area (Å²) < 4.78 is 5.25. The molecule has 0 atom stereocenters. The minimum absolute atomic E-state index is 0.282. The number of ether oxygens (including phenoxy) is 1. The summed E-state index contributed by atoms with van der Waals surface area (Å²) in [5, 5.41) is 0. The average molecular weight is 289 g/mol. The molecule has 1 aliphatic carbocycles. The first kappa shape index (κ1) is 16.0. The van der Waals surface area contributed by atoms with Crippen LogP contribution in [0.4, 0.5) is 0 Å². The smallest absolute Gasteiger partial charge is 0.157 e. The number of hydrogen-bond acceptors (Lipinski definition) is 3. The first-order valence-electron chi connectivity index (χ1n) is 7.81. The van der Waals surface area contributed by atoms with Gasteiger partial charge in [-0.25, -0.2) is 0 Å². The third kappa shape index (κ3) is 3.46. The third-order valence-electron chi connectivity index (χ3n) is 4.98. The summed E-state index contributed by atoms with van der Waals surface area (Å²) >= 11 is 0. The second-order valence-corrected chi connectivity index (χ2v) is 6.56. The lowest BCUT2D eigenvalue weighted by molar-refractivity contribution is -0.131. The van der Waals surface area contributed by atoms with E-state index in [2.05, 4.69) is 11.8 Å². The first-order chi connectivity index (χ1) is 9.98. The Kier molecular flexibility index (Phi) is 5.04. The third-order valence-corrected chi connectivity index (χ3v) is 4.98. The van der Waals surface area contributed by atoms with Crippen LogP contribution in [-0.4, -0.2) is 37.4 Å². The highest BCUT2D eigenvalue weighted by atomic mass is 16.5. The summed E-state index contributed by atoms with van der Waals surface area (Å²) in [6.07, 6.45) is 4.72. The lowest BCUT2D eigenvalue weighted by atomic mass is 9.72. The molecule has 1 saturated carbocycles. The molecule has 21 heavy (non-hydrogen) atoms. The number of rotatable bonds is 5. The Balaban J connectivity index is 2.15. The van der Waals surface area contributed by atoms with Crippen molar-refractivity contribution in [2.75, 3.05) is 21.2 Å². The lowest BCUT2D eigenvalue weighted by Crippen LogP contribution is -2.53. The molecular weight excluding hydrogens is 262 g/mol. The van der Waals surface area contributed by atoms with E-state index in [1.54, 1.807) is 7.11 Å². The lowest BCUT2D eigenvalue weighted by Gasteiger charge is -2.43. The van der Waals surface area contributed by atoms with E-state index in [0.29, 0.717) is 12.2 Å². The molecule has 1 fully saturated rings. The number of likely N-dealkylation sites (N-methyl/N-ethyl adjacent to an activating group) is 1. The number of hydrogen-bond donors (Lipinski definition) is 0. The highest BCUT2D eigenvalue weighted by molar-refractivity contribution is 5.90.